The number of aryl methyl sites for hydroxylation is 1. The van der Waals surface area contributed by atoms with Crippen molar-refractivity contribution in [2.24, 2.45) is 0 Å². The standard InChI is InChI=1S/C17H22N4O2S/c18-17-20-14(12-24-17)6-7-16(22)21-9-3-5-15(10-21)23-11-13-4-1-2-8-19-13/h1-2,4,8,12,15H,3,5-7,9-11H2,(H2,18,20). The smallest absolute Gasteiger partial charge is 0.223 e. The number of nitrogen functional groups attached to an aromatic ring is 1. The number of nitrogens with two attached hydrogens (primary N) is 1. The van der Waals surface area contributed by atoms with E-state index in [2.05, 4.69) is 9.97 Å². The molecule has 0 aromatic carbocycles. The van der Waals surface area contributed by atoms with Crippen molar-refractivity contribution in [2.45, 2.75) is 38.4 Å². The molecule has 3 rings (SSSR count). The summed E-state index contributed by atoms with van der Waals surface area (Å²) in [6.07, 6.45) is 4.92. The number of anilines is 1. The Bertz CT molecular complexity index is 662. The quantitative estimate of drug-likeness (QED) is 0.868. The minimum Gasteiger partial charge on any atom is -0.375 e. The highest BCUT2D eigenvalue weighted by Gasteiger charge is 2.24. The van der Waals surface area contributed by atoms with Crippen LogP contribution < -0.4 is 5.73 Å². The van der Waals surface area contributed by atoms with Crippen molar-refractivity contribution in [1.82, 2.24) is 14.9 Å². The maximum Gasteiger partial charge on any atom is 0.223 e. The maximum absolute atomic E-state index is 12.4. The van der Waals surface area contributed by atoms with Crippen LogP contribution in [0.25, 0.3) is 0 Å². The minimum atomic E-state index is 0.0830. The Morgan fingerprint density at radius 1 is 1.42 bits per heavy atom. The average molecular weight is 346 g/mol. The van der Waals surface area contributed by atoms with Gasteiger partial charge in [-0.2, -0.15) is 0 Å². The summed E-state index contributed by atoms with van der Waals surface area (Å²) in [6, 6.07) is 5.79. The van der Waals surface area contributed by atoms with Gasteiger partial charge in [-0.05, 0) is 31.4 Å². The highest BCUT2D eigenvalue weighted by atomic mass is 32.1. The Hall–Kier alpha value is -1.99. The third-order valence-corrected chi connectivity index (χ3v) is 4.81. The number of amides is 1. The van der Waals surface area contributed by atoms with Crippen molar-refractivity contribution in [3.05, 3.63) is 41.2 Å². The van der Waals surface area contributed by atoms with Gasteiger partial charge in [-0.3, -0.25) is 9.78 Å². The minimum absolute atomic E-state index is 0.0830. The van der Waals surface area contributed by atoms with Crippen LogP contribution in [0.4, 0.5) is 5.13 Å². The summed E-state index contributed by atoms with van der Waals surface area (Å²) in [4.78, 5) is 22.8. The number of rotatable bonds is 6. The molecule has 0 spiro atoms. The van der Waals surface area contributed by atoms with E-state index in [1.807, 2.05) is 28.5 Å². The number of aromatic nitrogens is 2. The summed E-state index contributed by atoms with van der Waals surface area (Å²) in [6.45, 7) is 1.96. The van der Waals surface area contributed by atoms with E-state index in [0.29, 0.717) is 31.1 Å². The number of thiazole rings is 1. The van der Waals surface area contributed by atoms with Crippen LogP contribution in [0.2, 0.25) is 0 Å². The lowest BCUT2D eigenvalue weighted by Crippen LogP contribution is -2.43. The second kappa shape index (κ2) is 8.21. The molecule has 0 aliphatic carbocycles. The van der Waals surface area contributed by atoms with E-state index in [-0.39, 0.29) is 12.0 Å². The third-order valence-electron chi connectivity index (χ3n) is 4.09. The Labute approximate surface area is 145 Å². The fourth-order valence-electron chi connectivity index (χ4n) is 2.82. The van der Waals surface area contributed by atoms with Crippen LogP contribution in [0.1, 0.15) is 30.7 Å². The van der Waals surface area contributed by atoms with E-state index in [4.69, 9.17) is 10.5 Å². The van der Waals surface area contributed by atoms with Crippen molar-refractivity contribution in [1.29, 1.82) is 0 Å². The second-order valence-corrected chi connectivity index (χ2v) is 6.80. The van der Waals surface area contributed by atoms with Crippen LogP contribution in [0, 0.1) is 0 Å². The Morgan fingerprint density at radius 2 is 2.33 bits per heavy atom. The first kappa shape index (κ1) is 16.9. The second-order valence-electron chi connectivity index (χ2n) is 5.91. The van der Waals surface area contributed by atoms with Crippen molar-refractivity contribution < 1.29 is 9.53 Å². The van der Waals surface area contributed by atoms with Crippen molar-refractivity contribution in [3.8, 4) is 0 Å². The molecule has 1 atom stereocenters. The van der Waals surface area contributed by atoms with Crippen LogP contribution in [0.5, 0.6) is 0 Å². The number of hydrogen-bond donors (Lipinski definition) is 1. The van der Waals surface area contributed by atoms with Gasteiger partial charge in [-0.25, -0.2) is 4.98 Å². The number of carbonyl (C=O) groups is 1. The molecule has 2 aromatic rings. The number of ether oxygens (including phenoxy) is 1. The van der Waals surface area contributed by atoms with Gasteiger partial charge in [0, 0.05) is 31.1 Å². The van der Waals surface area contributed by atoms with Gasteiger partial charge in [0.1, 0.15) is 0 Å². The van der Waals surface area contributed by atoms with Crippen molar-refractivity contribution in [3.63, 3.8) is 0 Å². The van der Waals surface area contributed by atoms with Gasteiger partial charge in [-0.1, -0.05) is 6.07 Å². The first-order valence-electron chi connectivity index (χ1n) is 8.20. The number of nitrogens with zero attached hydrogens (tertiary/aromatic N) is 3. The molecule has 1 saturated heterocycles. The topological polar surface area (TPSA) is 81.3 Å². The predicted molar refractivity (Wildman–Crippen MR) is 93.5 cm³/mol. The number of hydrogen-bond acceptors (Lipinski definition) is 6. The molecule has 1 aliphatic rings. The van der Waals surface area contributed by atoms with Crippen LogP contribution in [-0.2, 0) is 22.6 Å². The largest absolute Gasteiger partial charge is 0.375 e. The molecule has 0 radical (unpaired) electrons. The van der Waals surface area contributed by atoms with Gasteiger partial charge in [-0.15, -0.1) is 11.3 Å². The Morgan fingerprint density at radius 3 is 3.08 bits per heavy atom. The summed E-state index contributed by atoms with van der Waals surface area (Å²) < 4.78 is 5.93. The zero-order chi connectivity index (χ0) is 16.8. The van der Waals surface area contributed by atoms with E-state index in [9.17, 15) is 4.79 Å². The molecule has 1 unspecified atom stereocenters. The molecule has 3 heterocycles. The number of carbonyl (C=O) groups excluding carboxylic acids is 1. The SMILES string of the molecule is Nc1nc(CCC(=O)N2CCCC(OCc3ccccn3)C2)cs1. The lowest BCUT2D eigenvalue weighted by atomic mass is 10.1. The summed E-state index contributed by atoms with van der Waals surface area (Å²) in [5.74, 6) is 0.160. The van der Waals surface area contributed by atoms with Crippen LogP contribution >= 0.6 is 11.3 Å². The van der Waals surface area contributed by atoms with Crippen molar-refractivity contribution in [2.75, 3.05) is 18.8 Å². The fraction of sp³-hybridized carbons (Fsp3) is 0.471. The van der Waals surface area contributed by atoms with Gasteiger partial charge < -0.3 is 15.4 Å². The van der Waals surface area contributed by atoms with Gasteiger partial charge in [0.25, 0.3) is 0 Å². The van der Waals surface area contributed by atoms with Gasteiger partial charge in [0.2, 0.25) is 5.91 Å². The Kier molecular flexibility index (Phi) is 5.77. The summed E-state index contributed by atoms with van der Waals surface area (Å²) >= 11 is 1.41. The van der Waals surface area contributed by atoms with E-state index in [0.717, 1.165) is 30.8 Å². The summed E-state index contributed by atoms with van der Waals surface area (Å²) in [5.41, 5.74) is 7.43. The average Bonchev–Trinajstić information content (AvgIpc) is 3.04. The number of pyridine rings is 1. The zero-order valence-electron chi connectivity index (χ0n) is 13.6. The van der Waals surface area contributed by atoms with Crippen LogP contribution in [0.3, 0.4) is 0 Å². The molecule has 2 aromatic heterocycles. The van der Waals surface area contributed by atoms with Gasteiger partial charge >= 0.3 is 0 Å². The molecule has 1 fully saturated rings. The fourth-order valence-corrected chi connectivity index (χ4v) is 3.42. The van der Waals surface area contributed by atoms with Crippen molar-refractivity contribution >= 4 is 22.4 Å². The molecule has 7 heteroatoms. The first-order valence-corrected chi connectivity index (χ1v) is 9.08. The molecule has 0 saturated carbocycles. The lowest BCUT2D eigenvalue weighted by molar-refractivity contribution is -0.135. The third kappa shape index (κ3) is 4.75. The number of likely N-dealkylation sites (tertiary alicyclic amines) is 1. The van der Waals surface area contributed by atoms with Gasteiger partial charge in [0.05, 0.1) is 24.1 Å². The van der Waals surface area contributed by atoms with E-state index in [1.54, 1.807) is 6.20 Å². The molecule has 1 amide bonds. The van der Waals surface area contributed by atoms with E-state index >= 15 is 0 Å². The highest BCUT2D eigenvalue weighted by molar-refractivity contribution is 7.13. The maximum atomic E-state index is 12.4. The molecule has 2 N–H and O–H groups in total. The summed E-state index contributed by atoms with van der Waals surface area (Å²) in [5, 5.41) is 2.47. The molecular formula is C17H22N4O2S. The normalized spacial score (nSPS) is 17.8. The summed E-state index contributed by atoms with van der Waals surface area (Å²) in [7, 11) is 0. The zero-order valence-corrected chi connectivity index (χ0v) is 14.4. The molecular weight excluding hydrogens is 324 g/mol. The molecule has 128 valence electrons. The number of piperidine rings is 1. The highest BCUT2D eigenvalue weighted by Crippen LogP contribution is 2.17. The van der Waals surface area contributed by atoms with Crippen LogP contribution in [0.15, 0.2) is 29.8 Å². The molecule has 1 aliphatic heterocycles. The monoisotopic (exact) mass is 346 g/mol. The van der Waals surface area contributed by atoms with E-state index < -0.39 is 0 Å². The van der Waals surface area contributed by atoms with Gasteiger partial charge in [0.15, 0.2) is 5.13 Å². The molecule has 0 bridgehead atoms. The molecule has 24 heavy (non-hydrogen) atoms. The van der Waals surface area contributed by atoms with E-state index in [1.165, 1.54) is 11.3 Å². The van der Waals surface area contributed by atoms with Crippen LogP contribution in [-0.4, -0.2) is 40.0 Å². The lowest BCUT2D eigenvalue weighted by Gasteiger charge is -2.32. The first-order chi connectivity index (χ1) is 11.7. The predicted octanol–water partition coefficient (Wildman–Crippen LogP) is 2.26. The molecule has 6 nitrogen and oxygen atoms in total. The Balaban J connectivity index is 1.45.